The van der Waals surface area contributed by atoms with Gasteiger partial charge in [0.15, 0.2) is 0 Å². The van der Waals surface area contributed by atoms with Gasteiger partial charge in [-0.2, -0.15) is 5.10 Å². The molecule has 5 heteroatoms. The Bertz CT molecular complexity index is 425. The highest BCUT2D eigenvalue weighted by atomic mass is 16.3. The normalized spacial score (nSPS) is 12.4. The zero-order chi connectivity index (χ0) is 15.3. The minimum atomic E-state index is -0.462. The Morgan fingerprint density at radius 3 is 2.35 bits per heavy atom. The molecule has 1 aromatic heterocycles. The second kappa shape index (κ2) is 7.20. The average Bonchev–Trinajstić information content (AvgIpc) is 2.67. The van der Waals surface area contributed by atoms with Gasteiger partial charge >= 0.3 is 0 Å². The molecule has 0 aliphatic rings. The van der Waals surface area contributed by atoms with Gasteiger partial charge in [-0.1, -0.05) is 13.8 Å². The number of aliphatic hydroxyl groups is 2. The van der Waals surface area contributed by atoms with Gasteiger partial charge in [-0.05, 0) is 27.3 Å². The molecule has 1 rings (SSSR count). The van der Waals surface area contributed by atoms with E-state index >= 15 is 0 Å². The molecule has 0 saturated heterocycles. The Labute approximate surface area is 122 Å². The van der Waals surface area contributed by atoms with E-state index in [2.05, 4.69) is 28.5 Å². The number of aryl methyl sites for hydroxylation is 2. The molecular weight excluding hydrogens is 254 g/mol. The fraction of sp³-hybridized carbons (Fsp3) is 0.800. The highest BCUT2D eigenvalue weighted by molar-refractivity contribution is 5.24. The first-order valence-corrected chi connectivity index (χ1v) is 7.30. The van der Waals surface area contributed by atoms with E-state index in [9.17, 15) is 10.2 Å². The van der Waals surface area contributed by atoms with Crippen molar-refractivity contribution in [2.75, 3.05) is 26.8 Å². The summed E-state index contributed by atoms with van der Waals surface area (Å²) in [5.41, 5.74) is 3.07. The van der Waals surface area contributed by atoms with Gasteiger partial charge in [-0.3, -0.25) is 4.68 Å². The van der Waals surface area contributed by atoms with Crippen LogP contribution in [0.3, 0.4) is 0 Å². The van der Waals surface area contributed by atoms with Gasteiger partial charge in [-0.25, -0.2) is 0 Å². The first-order valence-electron chi connectivity index (χ1n) is 7.30. The smallest absolute Gasteiger partial charge is 0.0641 e. The predicted molar refractivity (Wildman–Crippen MR) is 80.6 cm³/mol. The Morgan fingerprint density at radius 2 is 1.85 bits per heavy atom. The van der Waals surface area contributed by atoms with E-state index in [1.54, 1.807) is 0 Å². The monoisotopic (exact) mass is 283 g/mol. The number of hydrogen-bond acceptors (Lipinski definition) is 4. The summed E-state index contributed by atoms with van der Waals surface area (Å²) < 4.78 is 2.07. The van der Waals surface area contributed by atoms with Crippen molar-refractivity contribution in [3.8, 4) is 0 Å². The van der Waals surface area contributed by atoms with Crippen molar-refractivity contribution in [3.05, 3.63) is 17.0 Å². The molecule has 0 spiro atoms. The molecule has 0 fully saturated rings. The molecule has 0 radical (unpaired) electrons. The first-order chi connectivity index (χ1) is 9.36. The average molecular weight is 283 g/mol. The van der Waals surface area contributed by atoms with Gasteiger partial charge in [0, 0.05) is 36.3 Å². The molecule has 0 aromatic carbocycles. The van der Waals surface area contributed by atoms with Crippen LogP contribution in [0.4, 0.5) is 0 Å². The Hall–Kier alpha value is -0.910. The van der Waals surface area contributed by atoms with Crippen molar-refractivity contribution in [1.29, 1.82) is 0 Å². The second-order valence-corrected chi connectivity index (χ2v) is 6.17. The molecule has 1 heterocycles. The molecule has 0 unspecified atom stereocenters. The lowest BCUT2D eigenvalue weighted by atomic mass is 9.92. The maximum Gasteiger partial charge on any atom is 0.0641 e. The fourth-order valence-electron chi connectivity index (χ4n) is 2.52. The third-order valence-corrected chi connectivity index (χ3v) is 3.81. The maximum atomic E-state index is 9.38. The Balaban J connectivity index is 2.78. The van der Waals surface area contributed by atoms with Crippen LogP contribution in [0.25, 0.3) is 0 Å². The molecular formula is C15H29N3O2. The van der Waals surface area contributed by atoms with E-state index < -0.39 is 5.41 Å². The SMILES string of the molecule is CCCn1nc(C)c(CN(C)CC(C)(CO)CO)c1C. The van der Waals surface area contributed by atoms with Crippen LogP contribution in [0.15, 0.2) is 0 Å². The van der Waals surface area contributed by atoms with Crippen molar-refractivity contribution in [2.45, 2.75) is 47.2 Å². The minimum absolute atomic E-state index is 0.0130. The summed E-state index contributed by atoms with van der Waals surface area (Å²) in [5.74, 6) is 0. The summed E-state index contributed by atoms with van der Waals surface area (Å²) >= 11 is 0. The van der Waals surface area contributed by atoms with Crippen molar-refractivity contribution in [3.63, 3.8) is 0 Å². The molecule has 0 aliphatic carbocycles. The van der Waals surface area contributed by atoms with Gasteiger partial charge in [0.05, 0.1) is 18.9 Å². The summed E-state index contributed by atoms with van der Waals surface area (Å²) in [7, 11) is 2.01. The molecule has 0 bridgehead atoms. The van der Waals surface area contributed by atoms with Gasteiger partial charge in [0.2, 0.25) is 0 Å². The van der Waals surface area contributed by atoms with E-state index in [1.165, 1.54) is 11.3 Å². The molecule has 0 atom stereocenters. The van der Waals surface area contributed by atoms with Crippen LogP contribution in [0.5, 0.6) is 0 Å². The van der Waals surface area contributed by atoms with Crippen LogP contribution in [0.2, 0.25) is 0 Å². The van der Waals surface area contributed by atoms with Crippen LogP contribution in [0, 0.1) is 19.3 Å². The minimum Gasteiger partial charge on any atom is -0.396 e. The quantitative estimate of drug-likeness (QED) is 0.755. The first kappa shape index (κ1) is 17.1. The Morgan fingerprint density at radius 1 is 1.25 bits per heavy atom. The number of rotatable bonds is 8. The largest absolute Gasteiger partial charge is 0.396 e. The summed E-state index contributed by atoms with van der Waals surface area (Å²) in [6, 6.07) is 0. The van der Waals surface area contributed by atoms with Gasteiger partial charge in [0.1, 0.15) is 0 Å². The summed E-state index contributed by atoms with van der Waals surface area (Å²) in [6.45, 7) is 10.5. The van der Waals surface area contributed by atoms with E-state index in [0.717, 1.165) is 25.2 Å². The second-order valence-electron chi connectivity index (χ2n) is 6.17. The molecule has 1 aromatic rings. The maximum absolute atomic E-state index is 9.38. The van der Waals surface area contributed by atoms with Crippen LogP contribution in [-0.4, -0.2) is 51.7 Å². The zero-order valence-corrected chi connectivity index (χ0v) is 13.5. The number of aliphatic hydroxyl groups excluding tert-OH is 2. The van der Waals surface area contributed by atoms with E-state index in [1.807, 2.05) is 20.9 Å². The van der Waals surface area contributed by atoms with Crippen molar-refractivity contribution < 1.29 is 10.2 Å². The number of nitrogens with zero attached hydrogens (tertiary/aromatic N) is 3. The van der Waals surface area contributed by atoms with Crippen molar-refractivity contribution >= 4 is 0 Å². The lowest BCUT2D eigenvalue weighted by molar-refractivity contribution is 0.0401. The lowest BCUT2D eigenvalue weighted by Crippen LogP contribution is -2.38. The highest BCUT2D eigenvalue weighted by Crippen LogP contribution is 2.20. The van der Waals surface area contributed by atoms with Gasteiger partial charge in [0.25, 0.3) is 0 Å². The molecule has 0 amide bonds. The van der Waals surface area contributed by atoms with E-state index in [4.69, 9.17) is 0 Å². The van der Waals surface area contributed by atoms with Crippen LogP contribution < -0.4 is 0 Å². The standard InChI is InChI=1S/C15H29N3O2/c1-6-7-18-13(3)14(12(2)16-18)8-17(5)9-15(4,10-19)11-20/h19-20H,6-11H2,1-5H3. The van der Waals surface area contributed by atoms with Gasteiger partial charge < -0.3 is 15.1 Å². The van der Waals surface area contributed by atoms with E-state index in [0.29, 0.717) is 6.54 Å². The highest BCUT2D eigenvalue weighted by Gasteiger charge is 2.25. The third-order valence-electron chi connectivity index (χ3n) is 3.81. The Kier molecular flexibility index (Phi) is 6.17. The van der Waals surface area contributed by atoms with Gasteiger partial charge in [-0.15, -0.1) is 0 Å². The summed E-state index contributed by atoms with van der Waals surface area (Å²) in [4.78, 5) is 2.14. The van der Waals surface area contributed by atoms with Crippen molar-refractivity contribution in [2.24, 2.45) is 5.41 Å². The molecule has 5 nitrogen and oxygen atoms in total. The molecule has 0 saturated carbocycles. The van der Waals surface area contributed by atoms with Crippen molar-refractivity contribution in [1.82, 2.24) is 14.7 Å². The van der Waals surface area contributed by atoms with E-state index in [-0.39, 0.29) is 13.2 Å². The summed E-state index contributed by atoms with van der Waals surface area (Å²) in [6.07, 6.45) is 1.07. The fourth-order valence-corrected chi connectivity index (χ4v) is 2.52. The van der Waals surface area contributed by atoms with Crippen LogP contribution in [0.1, 0.15) is 37.2 Å². The molecule has 116 valence electrons. The molecule has 20 heavy (non-hydrogen) atoms. The van der Waals surface area contributed by atoms with Crippen LogP contribution >= 0.6 is 0 Å². The molecule has 2 N–H and O–H groups in total. The topological polar surface area (TPSA) is 61.5 Å². The predicted octanol–water partition coefficient (Wildman–Crippen LogP) is 1.33. The zero-order valence-electron chi connectivity index (χ0n) is 13.5. The number of aromatic nitrogens is 2. The number of hydrogen-bond donors (Lipinski definition) is 2. The van der Waals surface area contributed by atoms with Crippen LogP contribution in [-0.2, 0) is 13.1 Å². The third kappa shape index (κ3) is 4.04. The summed E-state index contributed by atoms with van der Waals surface area (Å²) in [5, 5.41) is 23.3. The lowest BCUT2D eigenvalue weighted by Gasteiger charge is -2.30. The molecule has 0 aliphatic heterocycles.